The molecule has 2 N–H and O–H groups in total. The second-order valence-electron chi connectivity index (χ2n) is 5.54. The van der Waals surface area contributed by atoms with Gasteiger partial charge in [0, 0.05) is 28.0 Å². The Bertz CT molecular complexity index is 1190. The van der Waals surface area contributed by atoms with Gasteiger partial charge in [0.2, 0.25) is 5.88 Å². The Labute approximate surface area is 155 Å². The third-order valence-electron chi connectivity index (χ3n) is 3.93. The van der Waals surface area contributed by atoms with Gasteiger partial charge in [0.05, 0.1) is 5.69 Å². The maximum Gasteiger partial charge on any atom is 0.335 e. The lowest BCUT2D eigenvalue weighted by Gasteiger charge is -2.10. The molecular weight excluding hydrogens is 400 g/mol. The minimum absolute atomic E-state index is 0.0364. The van der Waals surface area contributed by atoms with Gasteiger partial charge in [0.25, 0.3) is 5.56 Å². The Morgan fingerprint density at radius 3 is 2.69 bits per heavy atom. The summed E-state index contributed by atoms with van der Waals surface area (Å²) >= 11 is 3.32. The smallest absolute Gasteiger partial charge is 0.335 e. The number of rotatable bonds is 2. The van der Waals surface area contributed by atoms with Crippen molar-refractivity contribution < 1.29 is 5.11 Å². The van der Waals surface area contributed by atoms with Gasteiger partial charge in [-0.05, 0) is 42.5 Å². The first-order valence-corrected chi connectivity index (χ1v) is 8.39. The van der Waals surface area contributed by atoms with E-state index in [1.54, 1.807) is 42.7 Å². The maximum absolute atomic E-state index is 12.3. The van der Waals surface area contributed by atoms with Crippen molar-refractivity contribution in [3.05, 3.63) is 79.0 Å². The maximum atomic E-state index is 12.3. The molecule has 0 saturated carbocycles. The van der Waals surface area contributed by atoms with Crippen LogP contribution in [0.1, 0.15) is 11.1 Å². The van der Waals surface area contributed by atoms with Crippen molar-refractivity contribution >= 4 is 39.6 Å². The molecule has 0 saturated heterocycles. The average Bonchev–Trinajstić information content (AvgIpc) is 3.03. The lowest BCUT2D eigenvalue weighted by atomic mass is 10.1. The standard InChI is InChI=1S/C18H11BrN4O3/c19-11-3-5-12(6-4-11)23-17(25)14(16(24)22-18(23)26)8-10-9-21-15-13(10)2-1-7-20-15/h1-9,25H,(H,22,24,26)/b10-8-. The van der Waals surface area contributed by atoms with Crippen LogP contribution in [0.2, 0.25) is 0 Å². The molecule has 3 heterocycles. The zero-order valence-electron chi connectivity index (χ0n) is 13.2. The number of halogens is 1. The molecule has 0 atom stereocenters. The Morgan fingerprint density at radius 1 is 1.15 bits per heavy atom. The van der Waals surface area contributed by atoms with E-state index in [1.807, 2.05) is 6.07 Å². The molecule has 0 amide bonds. The number of hydrogen-bond acceptors (Lipinski definition) is 5. The van der Waals surface area contributed by atoms with E-state index in [0.29, 0.717) is 17.1 Å². The molecular formula is C18H11BrN4O3. The summed E-state index contributed by atoms with van der Waals surface area (Å²) in [7, 11) is 0. The number of H-pyrrole nitrogens is 1. The zero-order chi connectivity index (χ0) is 18.3. The van der Waals surface area contributed by atoms with E-state index in [0.717, 1.165) is 14.6 Å². The molecule has 128 valence electrons. The summed E-state index contributed by atoms with van der Waals surface area (Å²) in [6.07, 6.45) is 4.67. The summed E-state index contributed by atoms with van der Waals surface area (Å²) in [5.41, 5.74) is 0.347. The molecule has 0 unspecified atom stereocenters. The minimum atomic E-state index is -0.723. The summed E-state index contributed by atoms with van der Waals surface area (Å²) in [6, 6.07) is 10.3. The summed E-state index contributed by atoms with van der Waals surface area (Å²) in [6.45, 7) is 0. The molecule has 1 aromatic carbocycles. The van der Waals surface area contributed by atoms with Gasteiger partial charge in [-0.1, -0.05) is 15.9 Å². The SMILES string of the molecule is O=c1[nH]c(=O)n(-c2ccc(Br)cc2)c(O)c1/C=C1/C=Nc2ncccc21. The molecule has 26 heavy (non-hydrogen) atoms. The molecule has 3 aromatic rings. The van der Waals surface area contributed by atoms with Crippen LogP contribution in [0.25, 0.3) is 17.3 Å². The number of fused-ring (bicyclic) bond motifs is 1. The van der Waals surface area contributed by atoms with Crippen LogP contribution in [0, 0.1) is 0 Å². The largest absolute Gasteiger partial charge is 0.494 e. The topological polar surface area (TPSA) is 100 Å². The van der Waals surface area contributed by atoms with Crippen LogP contribution < -0.4 is 11.2 Å². The Kier molecular flexibility index (Phi) is 3.89. The quantitative estimate of drug-likeness (QED) is 0.677. The molecule has 7 nitrogen and oxygen atoms in total. The second-order valence-corrected chi connectivity index (χ2v) is 6.46. The van der Waals surface area contributed by atoms with Gasteiger partial charge in [0.15, 0.2) is 5.82 Å². The molecule has 0 spiro atoms. The third-order valence-corrected chi connectivity index (χ3v) is 4.46. The molecule has 2 aromatic heterocycles. The average molecular weight is 411 g/mol. The van der Waals surface area contributed by atoms with Crippen molar-refractivity contribution in [2.75, 3.05) is 0 Å². The Morgan fingerprint density at radius 2 is 1.92 bits per heavy atom. The van der Waals surface area contributed by atoms with Crippen LogP contribution in [-0.4, -0.2) is 25.9 Å². The van der Waals surface area contributed by atoms with Gasteiger partial charge in [-0.15, -0.1) is 0 Å². The molecule has 4 rings (SSSR count). The Hall–Kier alpha value is -3.26. The molecule has 0 radical (unpaired) electrons. The van der Waals surface area contributed by atoms with Gasteiger partial charge in [-0.3, -0.25) is 9.78 Å². The van der Waals surface area contributed by atoms with Crippen LogP contribution in [-0.2, 0) is 0 Å². The summed E-state index contributed by atoms with van der Waals surface area (Å²) in [5, 5.41) is 10.6. The van der Waals surface area contributed by atoms with E-state index in [-0.39, 0.29) is 5.56 Å². The van der Waals surface area contributed by atoms with E-state index in [1.165, 1.54) is 6.08 Å². The first kappa shape index (κ1) is 16.2. The normalized spacial score (nSPS) is 14.0. The number of aromatic hydroxyl groups is 1. The number of nitrogens with one attached hydrogen (secondary N) is 1. The number of hydrogen-bond donors (Lipinski definition) is 2. The van der Waals surface area contributed by atoms with Gasteiger partial charge in [-0.2, -0.15) is 0 Å². The van der Waals surface area contributed by atoms with E-state index in [2.05, 4.69) is 30.9 Å². The predicted octanol–water partition coefficient (Wildman–Crippen LogP) is 2.65. The first-order valence-electron chi connectivity index (χ1n) is 7.60. The number of pyridine rings is 1. The highest BCUT2D eigenvalue weighted by Gasteiger charge is 2.18. The van der Waals surface area contributed by atoms with Gasteiger partial charge in [0.1, 0.15) is 5.56 Å². The van der Waals surface area contributed by atoms with Crippen LogP contribution in [0.5, 0.6) is 5.88 Å². The fourth-order valence-corrected chi connectivity index (χ4v) is 2.96. The van der Waals surface area contributed by atoms with Crippen LogP contribution in [0.3, 0.4) is 0 Å². The highest BCUT2D eigenvalue weighted by atomic mass is 79.9. The lowest BCUT2D eigenvalue weighted by molar-refractivity contribution is 0.429. The number of allylic oxidation sites excluding steroid dienone is 1. The third kappa shape index (κ3) is 2.70. The van der Waals surface area contributed by atoms with Gasteiger partial charge >= 0.3 is 5.69 Å². The van der Waals surface area contributed by atoms with Gasteiger partial charge < -0.3 is 5.11 Å². The predicted molar refractivity (Wildman–Crippen MR) is 102 cm³/mol. The van der Waals surface area contributed by atoms with E-state index < -0.39 is 17.1 Å². The second kappa shape index (κ2) is 6.23. The van der Waals surface area contributed by atoms with Crippen molar-refractivity contribution in [3.63, 3.8) is 0 Å². The van der Waals surface area contributed by atoms with Crippen molar-refractivity contribution in [2.45, 2.75) is 0 Å². The highest BCUT2D eigenvalue weighted by molar-refractivity contribution is 9.10. The molecule has 1 aliphatic rings. The van der Waals surface area contributed by atoms with Crippen molar-refractivity contribution in [1.29, 1.82) is 0 Å². The fraction of sp³-hybridized carbons (Fsp3) is 0. The minimum Gasteiger partial charge on any atom is -0.494 e. The first-order chi connectivity index (χ1) is 12.5. The van der Waals surface area contributed by atoms with Crippen molar-refractivity contribution in [2.24, 2.45) is 4.99 Å². The highest BCUT2D eigenvalue weighted by Crippen LogP contribution is 2.31. The Balaban J connectivity index is 1.91. The van der Waals surface area contributed by atoms with Crippen LogP contribution in [0.15, 0.2) is 61.6 Å². The monoisotopic (exact) mass is 410 g/mol. The number of nitrogens with zero attached hydrogens (tertiary/aromatic N) is 3. The van der Waals surface area contributed by atoms with Gasteiger partial charge in [-0.25, -0.2) is 19.3 Å². The summed E-state index contributed by atoms with van der Waals surface area (Å²) in [4.78, 5) is 35.0. The van der Waals surface area contributed by atoms with Crippen LogP contribution in [0.4, 0.5) is 5.82 Å². The van der Waals surface area contributed by atoms with Crippen molar-refractivity contribution in [1.82, 2.24) is 14.5 Å². The number of benzene rings is 1. The lowest BCUT2D eigenvalue weighted by Crippen LogP contribution is -2.30. The molecule has 0 fully saturated rings. The summed E-state index contributed by atoms with van der Waals surface area (Å²) in [5.74, 6) is 0.0928. The molecule has 1 aliphatic heterocycles. The molecule has 8 heteroatoms. The number of aromatic amines is 1. The van der Waals surface area contributed by atoms with E-state index >= 15 is 0 Å². The molecule has 0 aliphatic carbocycles. The summed E-state index contributed by atoms with van der Waals surface area (Å²) < 4.78 is 1.86. The number of aromatic nitrogens is 3. The fourth-order valence-electron chi connectivity index (χ4n) is 2.69. The number of aliphatic imine (C=N–C) groups is 1. The van der Waals surface area contributed by atoms with Crippen molar-refractivity contribution in [3.8, 4) is 11.6 Å². The zero-order valence-corrected chi connectivity index (χ0v) is 14.8. The molecule has 0 bridgehead atoms. The van der Waals surface area contributed by atoms with Crippen LogP contribution >= 0.6 is 15.9 Å². The van der Waals surface area contributed by atoms with E-state index in [4.69, 9.17) is 0 Å². The van der Waals surface area contributed by atoms with E-state index in [9.17, 15) is 14.7 Å².